The molecule has 2 N–H and O–H groups in total. The van der Waals surface area contributed by atoms with Crippen LogP contribution in [0.1, 0.15) is 5.01 Å². The fraction of sp³-hybridized carbons (Fsp3) is 0.250. The topological polar surface area (TPSA) is 38.9 Å². The molecular formula is C4H6Cl2N2S. The van der Waals surface area contributed by atoms with Crippen molar-refractivity contribution in [3.8, 4) is 0 Å². The second kappa shape index (κ2) is 4.06. The molecule has 9 heavy (non-hydrogen) atoms. The van der Waals surface area contributed by atoms with Crippen molar-refractivity contribution < 1.29 is 0 Å². The molecule has 0 aliphatic heterocycles. The van der Waals surface area contributed by atoms with Gasteiger partial charge in [-0.05, 0) is 0 Å². The van der Waals surface area contributed by atoms with E-state index in [1.54, 1.807) is 6.20 Å². The highest BCUT2D eigenvalue weighted by Gasteiger charge is 1.93. The smallest absolute Gasteiger partial charge is 0.113 e. The molecule has 1 aromatic heterocycles. The maximum absolute atomic E-state index is 5.54. The average Bonchev–Trinajstić information content (AvgIpc) is 2.14. The molecule has 0 fully saturated rings. The molecule has 0 aliphatic carbocycles. The van der Waals surface area contributed by atoms with Gasteiger partial charge in [-0.1, -0.05) is 11.6 Å². The number of nitrogens with two attached hydrogens (primary N) is 1. The summed E-state index contributed by atoms with van der Waals surface area (Å²) in [7, 11) is 0. The Kier molecular flexibility index (Phi) is 4.14. The van der Waals surface area contributed by atoms with Gasteiger partial charge in [0.15, 0.2) is 0 Å². The molecule has 1 heterocycles. The van der Waals surface area contributed by atoms with Gasteiger partial charge in [-0.3, -0.25) is 0 Å². The van der Waals surface area contributed by atoms with Crippen LogP contribution in [0.5, 0.6) is 0 Å². The quantitative estimate of drug-likeness (QED) is 0.722. The van der Waals surface area contributed by atoms with E-state index >= 15 is 0 Å². The largest absolute Gasteiger partial charge is 0.325 e. The van der Waals surface area contributed by atoms with Crippen LogP contribution in [0.4, 0.5) is 0 Å². The third kappa shape index (κ3) is 2.49. The van der Waals surface area contributed by atoms with Gasteiger partial charge in [0.2, 0.25) is 0 Å². The third-order valence-electron chi connectivity index (χ3n) is 0.700. The summed E-state index contributed by atoms with van der Waals surface area (Å²) in [6.45, 7) is 0.484. The van der Waals surface area contributed by atoms with Crippen molar-refractivity contribution in [3.63, 3.8) is 0 Å². The number of hydrogen-bond donors (Lipinski definition) is 1. The molecule has 5 heteroatoms. The molecule has 52 valence electrons. The Morgan fingerprint density at radius 1 is 1.78 bits per heavy atom. The lowest BCUT2D eigenvalue weighted by Crippen LogP contribution is -1.93. The monoisotopic (exact) mass is 184 g/mol. The summed E-state index contributed by atoms with van der Waals surface area (Å²) >= 11 is 6.96. The molecule has 0 amide bonds. The van der Waals surface area contributed by atoms with E-state index in [0.717, 1.165) is 5.01 Å². The van der Waals surface area contributed by atoms with Crippen molar-refractivity contribution in [3.05, 3.63) is 15.5 Å². The van der Waals surface area contributed by atoms with Crippen LogP contribution in [0.3, 0.4) is 0 Å². The van der Waals surface area contributed by atoms with Crippen LogP contribution in [0.15, 0.2) is 6.20 Å². The van der Waals surface area contributed by atoms with Gasteiger partial charge >= 0.3 is 0 Å². The predicted molar refractivity (Wildman–Crippen MR) is 42.3 cm³/mol. The Hall–Kier alpha value is 0.170. The first-order chi connectivity index (χ1) is 3.83. The molecule has 0 aromatic carbocycles. The average molecular weight is 185 g/mol. The maximum atomic E-state index is 5.54. The normalized spacial score (nSPS) is 8.67. The van der Waals surface area contributed by atoms with E-state index in [1.807, 2.05) is 0 Å². The lowest BCUT2D eigenvalue weighted by Gasteiger charge is -1.78. The summed E-state index contributed by atoms with van der Waals surface area (Å²) in [6, 6.07) is 0. The first-order valence-corrected chi connectivity index (χ1v) is 3.32. The van der Waals surface area contributed by atoms with Gasteiger partial charge in [0, 0.05) is 6.54 Å². The Morgan fingerprint density at radius 2 is 2.44 bits per heavy atom. The number of rotatable bonds is 1. The lowest BCUT2D eigenvalue weighted by molar-refractivity contribution is 1.04. The zero-order valence-electron chi connectivity index (χ0n) is 4.50. The molecule has 0 bridgehead atoms. The summed E-state index contributed by atoms with van der Waals surface area (Å²) in [5, 5.41) is 0.884. The van der Waals surface area contributed by atoms with Gasteiger partial charge in [0.1, 0.15) is 9.34 Å². The standard InChI is InChI=1S/C4H5ClN2S.ClH/c5-3-2-7-4(1-6)8-3;/h2H,1,6H2;1H. The van der Waals surface area contributed by atoms with E-state index in [9.17, 15) is 0 Å². The third-order valence-corrected chi connectivity index (χ3v) is 1.84. The van der Waals surface area contributed by atoms with Crippen LogP contribution in [0, 0.1) is 0 Å². The molecule has 2 nitrogen and oxygen atoms in total. The van der Waals surface area contributed by atoms with E-state index in [-0.39, 0.29) is 12.4 Å². The highest BCUT2D eigenvalue weighted by atomic mass is 35.5. The molecule has 1 aromatic rings. The van der Waals surface area contributed by atoms with E-state index in [2.05, 4.69) is 4.98 Å². The van der Waals surface area contributed by atoms with Gasteiger partial charge in [-0.2, -0.15) is 0 Å². The minimum atomic E-state index is 0. The van der Waals surface area contributed by atoms with Crippen molar-refractivity contribution in [1.29, 1.82) is 0 Å². The lowest BCUT2D eigenvalue weighted by atomic mass is 10.7. The van der Waals surface area contributed by atoms with Crippen molar-refractivity contribution in [1.82, 2.24) is 4.98 Å². The highest BCUT2D eigenvalue weighted by molar-refractivity contribution is 7.15. The van der Waals surface area contributed by atoms with Crippen LogP contribution in [-0.4, -0.2) is 4.98 Å². The maximum Gasteiger partial charge on any atom is 0.113 e. The van der Waals surface area contributed by atoms with Gasteiger partial charge in [0.05, 0.1) is 6.20 Å². The van der Waals surface area contributed by atoms with Crippen LogP contribution in [0.2, 0.25) is 4.34 Å². The number of hydrogen-bond acceptors (Lipinski definition) is 3. The minimum absolute atomic E-state index is 0. The summed E-state index contributed by atoms with van der Waals surface area (Å²) in [4.78, 5) is 3.90. The van der Waals surface area contributed by atoms with Crippen molar-refractivity contribution in [2.75, 3.05) is 0 Å². The Balaban J connectivity index is 0.000000640. The van der Waals surface area contributed by atoms with Gasteiger partial charge in [0.25, 0.3) is 0 Å². The summed E-state index contributed by atoms with van der Waals surface area (Å²) in [5.41, 5.74) is 5.25. The van der Waals surface area contributed by atoms with Crippen LogP contribution < -0.4 is 5.73 Å². The summed E-state index contributed by atoms with van der Waals surface area (Å²) in [5.74, 6) is 0. The van der Waals surface area contributed by atoms with E-state index in [1.165, 1.54) is 11.3 Å². The zero-order valence-corrected chi connectivity index (χ0v) is 6.89. The van der Waals surface area contributed by atoms with Crippen LogP contribution >= 0.6 is 35.3 Å². The molecular weight excluding hydrogens is 179 g/mol. The molecule has 0 radical (unpaired) electrons. The Bertz CT molecular complexity index is 177. The number of aromatic nitrogens is 1. The molecule has 0 unspecified atom stereocenters. The van der Waals surface area contributed by atoms with E-state index in [4.69, 9.17) is 17.3 Å². The van der Waals surface area contributed by atoms with Gasteiger partial charge < -0.3 is 5.73 Å². The fourth-order valence-electron chi connectivity index (χ4n) is 0.382. The molecule has 0 saturated heterocycles. The molecule has 1 rings (SSSR count). The SMILES string of the molecule is Cl.NCc1ncc(Cl)s1. The van der Waals surface area contributed by atoms with E-state index < -0.39 is 0 Å². The summed E-state index contributed by atoms with van der Waals surface area (Å²) < 4.78 is 0.699. The number of halogens is 2. The first kappa shape index (κ1) is 9.17. The summed E-state index contributed by atoms with van der Waals surface area (Å²) in [6.07, 6.45) is 1.61. The van der Waals surface area contributed by atoms with Gasteiger partial charge in [-0.25, -0.2) is 4.98 Å². The van der Waals surface area contributed by atoms with Crippen molar-refractivity contribution >= 4 is 35.3 Å². The molecule has 0 atom stereocenters. The number of thiazole rings is 1. The second-order valence-corrected chi connectivity index (χ2v) is 3.01. The second-order valence-electron chi connectivity index (χ2n) is 1.26. The molecule has 0 saturated carbocycles. The van der Waals surface area contributed by atoms with Crippen molar-refractivity contribution in [2.45, 2.75) is 6.54 Å². The van der Waals surface area contributed by atoms with Crippen LogP contribution in [-0.2, 0) is 6.54 Å². The Morgan fingerprint density at radius 3 is 2.67 bits per heavy atom. The first-order valence-electron chi connectivity index (χ1n) is 2.13. The Labute approximate surface area is 68.5 Å². The zero-order chi connectivity index (χ0) is 5.98. The molecule has 0 aliphatic rings. The number of nitrogens with zero attached hydrogens (tertiary/aromatic N) is 1. The van der Waals surface area contributed by atoms with Crippen LogP contribution in [0.25, 0.3) is 0 Å². The minimum Gasteiger partial charge on any atom is -0.325 e. The fourth-order valence-corrected chi connectivity index (χ4v) is 1.22. The van der Waals surface area contributed by atoms with Crippen molar-refractivity contribution in [2.24, 2.45) is 5.73 Å². The predicted octanol–water partition coefficient (Wildman–Crippen LogP) is 1.68. The molecule has 0 spiro atoms. The highest BCUT2D eigenvalue weighted by Crippen LogP contribution is 2.16. The van der Waals surface area contributed by atoms with E-state index in [0.29, 0.717) is 10.9 Å². The van der Waals surface area contributed by atoms with Gasteiger partial charge in [-0.15, -0.1) is 23.7 Å².